The Morgan fingerprint density at radius 3 is 2.25 bits per heavy atom. The van der Waals surface area contributed by atoms with Crippen LogP contribution in [0.5, 0.6) is 0 Å². The van der Waals surface area contributed by atoms with E-state index in [4.69, 9.17) is 23.2 Å². The highest BCUT2D eigenvalue weighted by molar-refractivity contribution is 6.42. The Morgan fingerprint density at radius 2 is 1.65 bits per heavy atom. The Balaban J connectivity index is 2.33. The molecule has 0 amide bonds. The second-order valence-electron chi connectivity index (χ2n) is 4.57. The van der Waals surface area contributed by atoms with E-state index in [2.05, 4.69) is 9.97 Å². The molecule has 0 aliphatic heterocycles. The predicted molar refractivity (Wildman–Crippen MR) is 74.8 cm³/mol. The molecule has 2 rings (SSSR count). The highest BCUT2D eigenvalue weighted by Crippen LogP contribution is 2.28. The van der Waals surface area contributed by atoms with Gasteiger partial charge in [-0.05, 0) is 19.1 Å². The molecule has 0 bridgehead atoms. The molecule has 1 aromatic carbocycles. The number of fused-ring (bicyclic) bond motifs is 1. The highest BCUT2D eigenvalue weighted by Gasteiger charge is 2.31. The second-order valence-corrected chi connectivity index (χ2v) is 5.39. The third-order valence-corrected chi connectivity index (χ3v) is 3.71. The Kier molecular flexibility index (Phi) is 4.53. The van der Waals surface area contributed by atoms with Crippen LogP contribution in [-0.2, 0) is 0 Å². The van der Waals surface area contributed by atoms with Gasteiger partial charge in [0.1, 0.15) is 24.1 Å². The van der Waals surface area contributed by atoms with Crippen LogP contribution in [0.15, 0.2) is 12.1 Å². The van der Waals surface area contributed by atoms with Crippen LogP contribution >= 0.6 is 23.2 Å². The Labute approximate surface area is 124 Å². The van der Waals surface area contributed by atoms with Crippen molar-refractivity contribution in [3.63, 3.8) is 0 Å². The van der Waals surface area contributed by atoms with Gasteiger partial charge in [-0.15, -0.1) is 0 Å². The molecule has 0 radical (unpaired) electrons. The van der Waals surface area contributed by atoms with E-state index in [-0.39, 0.29) is 5.82 Å². The zero-order valence-corrected chi connectivity index (χ0v) is 12.0. The van der Waals surface area contributed by atoms with E-state index < -0.39 is 24.4 Å². The van der Waals surface area contributed by atoms with Crippen LogP contribution < -0.4 is 0 Å². The molecule has 0 saturated heterocycles. The average Bonchev–Trinajstić information content (AvgIpc) is 2.79. The third kappa shape index (κ3) is 2.90. The molecule has 0 saturated carbocycles. The first-order chi connectivity index (χ1) is 9.31. The van der Waals surface area contributed by atoms with Gasteiger partial charge < -0.3 is 25.4 Å². The number of hydrogen-bond acceptors (Lipinski definition) is 5. The molecule has 110 valence electrons. The SMILES string of the molecule is C[C@@H](O)[C@@H](O)[C@H](O)[C@H](O)c1nc2cc(Cl)c(Cl)cc2[nH]1. The number of rotatable bonds is 4. The van der Waals surface area contributed by atoms with E-state index >= 15 is 0 Å². The maximum absolute atomic E-state index is 9.97. The lowest BCUT2D eigenvalue weighted by molar-refractivity contribution is -0.103. The van der Waals surface area contributed by atoms with Crippen molar-refractivity contribution in [2.75, 3.05) is 0 Å². The zero-order chi connectivity index (χ0) is 15.0. The fourth-order valence-electron chi connectivity index (χ4n) is 1.80. The monoisotopic (exact) mass is 320 g/mol. The molecular formula is C12H14Cl2N2O4. The number of imidazole rings is 1. The maximum Gasteiger partial charge on any atom is 0.140 e. The molecule has 8 heteroatoms. The lowest BCUT2D eigenvalue weighted by atomic mass is 10.0. The van der Waals surface area contributed by atoms with E-state index in [9.17, 15) is 20.4 Å². The number of aliphatic hydroxyl groups is 4. The molecule has 5 N–H and O–H groups in total. The van der Waals surface area contributed by atoms with E-state index in [0.717, 1.165) is 0 Å². The summed E-state index contributed by atoms with van der Waals surface area (Å²) in [7, 11) is 0. The van der Waals surface area contributed by atoms with Gasteiger partial charge in [-0.25, -0.2) is 4.98 Å². The minimum absolute atomic E-state index is 0.0468. The number of nitrogens with one attached hydrogen (secondary N) is 1. The van der Waals surface area contributed by atoms with Gasteiger partial charge in [-0.3, -0.25) is 0 Å². The molecule has 1 heterocycles. The first kappa shape index (κ1) is 15.5. The number of aromatic amines is 1. The first-order valence-corrected chi connectivity index (χ1v) is 6.63. The number of benzene rings is 1. The summed E-state index contributed by atoms with van der Waals surface area (Å²) in [5, 5.41) is 39.1. The summed E-state index contributed by atoms with van der Waals surface area (Å²) in [6.45, 7) is 1.30. The van der Waals surface area contributed by atoms with Crippen molar-refractivity contribution in [3.05, 3.63) is 28.0 Å². The van der Waals surface area contributed by atoms with E-state index in [1.165, 1.54) is 13.0 Å². The number of aliphatic hydroxyl groups excluding tert-OH is 4. The standard InChI is InChI=1S/C12H14Cl2N2O4/c1-4(17)9(18)10(19)11(20)12-15-7-2-5(13)6(14)3-8(7)16-12/h2-4,9-11,17-20H,1H3,(H,15,16)/t4-,9-,10+,11+/m1/s1. The normalized spacial score (nSPS) is 17.9. The summed E-state index contributed by atoms with van der Waals surface area (Å²) in [6, 6.07) is 3.06. The van der Waals surface area contributed by atoms with Crippen LogP contribution in [0.25, 0.3) is 11.0 Å². The van der Waals surface area contributed by atoms with Gasteiger partial charge in [-0.1, -0.05) is 23.2 Å². The van der Waals surface area contributed by atoms with Gasteiger partial charge in [0.15, 0.2) is 0 Å². The summed E-state index contributed by atoms with van der Waals surface area (Å²) in [5.74, 6) is 0.0468. The summed E-state index contributed by atoms with van der Waals surface area (Å²) < 4.78 is 0. The number of nitrogens with zero attached hydrogens (tertiary/aromatic N) is 1. The van der Waals surface area contributed by atoms with Gasteiger partial charge in [0.05, 0.1) is 27.2 Å². The summed E-state index contributed by atoms with van der Waals surface area (Å²) in [6.07, 6.45) is -5.75. The Hall–Kier alpha value is -0.890. The van der Waals surface area contributed by atoms with Crippen LogP contribution in [0.1, 0.15) is 18.9 Å². The predicted octanol–water partition coefficient (Wildman–Crippen LogP) is 1.01. The van der Waals surface area contributed by atoms with Gasteiger partial charge in [-0.2, -0.15) is 0 Å². The van der Waals surface area contributed by atoms with Crippen molar-refractivity contribution in [2.45, 2.75) is 31.3 Å². The van der Waals surface area contributed by atoms with E-state index in [1.807, 2.05) is 0 Å². The summed E-state index contributed by atoms with van der Waals surface area (Å²) in [4.78, 5) is 6.86. The zero-order valence-electron chi connectivity index (χ0n) is 10.5. The minimum Gasteiger partial charge on any atom is -0.391 e. The summed E-state index contributed by atoms with van der Waals surface area (Å²) >= 11 is 11.7. The van der Waals surface area contributed by atoms with Crippen molar-refractivity contribution >= 4 is 34.2 Å². The van der Waals surface area contributed by atoms with Crippen molar-refractivity contribution in [3.8, 4) is 0 Å². The van der Waals surface area contributed by atoms with Crippen LogP contribution in [0.4, 0.5) is 0 Å². The van der Waals surface area contributed by atoms with Gasteiger partial charge in [0, 0.05) is 0 Å². The number of aromatic nitrogens is 2. The molecule has 4 atom stereocenters. The molecule has 0 unspecified atom stereocenters. The van der Waals surface area contributed by atoms with Crippen molar-refractivity contribution in [1.82, 2.24) is 9.97 Å². The highest BCUT2D eigenvalue weighted by atomic mass is 35.5. The Morgan fingerprint density at radius 1 is 1.05 bits per heavy atom. The number of H-pyrrole nitrogens is 1. The quantitative estimate of drug-likeness (QED) is 0.577. The topological polar surface area (TPSA) is 110 Å². The Bertz CT molecular complexity index is 578. The molecule has 20 heavy (non-hydrogen) atoms. The average molecular weight is 321 g/mol. The number of halogens is 2. The smallest absolute Gasteiger partial charge is 0.140 e. The number of hydrogen-bond donors (Lipinski definition) is 5. The second kappa shape index (κ2) is 5.85. The first-order valence-electron chi connectivity index (χ1n) is 5.88. The van der Waals surface area contributed by atoms with Crippen molar-refractivity contribution in [2.24, 2.45) is 0 Å². The molecule has 0 spiro atoms. The van der Waals surface area contributed by atoms with Crippen molar-refractivity contribution in [1.29, 1.82) is 0 Å². The van der Waals surface area contributed by atoms with E-state index in [0.29, 0.717) is 21.1 Å². The third-order valence-electron chi connectivity index (χ3n) is 2.99. The van der Waals surface area contributed by atoms with Gasteiger partial charge in [0.2, 0.25) is 0 Å². The van der Waals surface area contributed by atoms with Crippen LogP contribution in [-0.4, -0.2) is 48.7 Å². The van der Waals surface area contributed by atoms with Crippen LogP contribution in [0, 0.1) is 0 Å². The van der Waals surface area contributed by atoms with Crippen LogP contribution in [0.2, 0.25) is 10.0 Å². The molecule has 6 nitrogen and oxygen atoms in total. The minimum atomic E-state index is -1.58. The molecule has 0 aliphatic carbocycles. The van der Waals surface area contributed by atoms with Crippen molar-refractivity contribution < 1.29 is 20.4 Å². The molecule has 0 fully saturated rings. The maximum atomic E-state index is 9.97. The fraction of sp³-hybridized carbons (Fsp3) is 0.417. The molecule has 0 aliphatic rings. The largest absolute Gasteiger partial charge is 0.391 e. The van der Waals surface area contributed by atoms with Gasteiger partial charge in [0.25, 0.3) is 0 Å². The lowest BCUT2D eigenvalue weighted by Gasteiger charge is -2.23. The molecule has 1 aromatic heterocycles. The fourth-order valence-corrected chi connectivity index (χ4v) is 2.12. The van der Waals surface area contributed by atoms with E-state index in [1.54, 1.807) is 6.07 Å². The summed E-state index contributed by atoms with van der Waals surface area (Å²) in [5.41, 5.74) is 0.999. The lowest BCUT2D eigenvalue weighted by Crippen LogP contribution is -2.39. The molecular weight excluding hydrogens is 307 g/mol. The molecule has 2 aromatic rings. The van der Waals surface area contributed by atoms with Crippen LogP contribution in [0.3, 0.4) is 0 Å². The van der Waals surface area contributed by atoms with Gasteiger partial charge >= 0.3 is 0 Å².